The highest BCUT2D eigenvalue weighted by molar-refractivity contribution is 5.94. The number of nitrogens with zero attached hydrogens (tertiary/aromatic N) is 4. The fourth-order valence-corrected chi connectivity index (χ4v) is 4.36. The number of likely N-dealkylation sites (tertiary alicyclic amines) is 1. The summed E-state index contributed by atoms with van der Waals surface area (Å²) < 4.78 is 2.23. The summed E-state index contributed by atoms with van der Waals surface area (Å²) >= 11 is 0. The third-order valence-electron chi connectivity index (χ3n) is 6.27. The predicted molar refractivity (Wildman–Crippen MR) is 129 cm³/mol. The first-order chi connectivity index (χ1) is 15.5. The highest BCUT2D eigenvalue weighted by Crippen LogP contribution is 2.31. The third-order valence-corrected chi connectivity index (χ3v) is 6.27. The molecule has 0 atom stereocenters. The molecule has 32 heavy (non-hydrogen) atoms. The summed E-state index contributed by atoms with van der Waals surface area (Å²) in [7, 11) is 4.31. The number of carboxylic acid groups (broad SMARTS) is 1. The number of benzene rings is 1. The molecule has 1 aliphatic heterocycles. The van der Waals surface area contributed by atoms with Crippen molar-refractivity contribution in [3.8, 4) is 11.3 Å². The Labute approximate surface area is 187 Å². The minimum Gasteiger partial charge on any atom is -0.483 e. The molecule has 166 valence electrons. The van der Waals surface area contributed by atoms with Crippen LogP contribution in [0.3, 0.4) is 0 Å². The maximum absolute atomic E-state index is 8.36. The first-order valence-electron chi connectivity index (χ1n) is 10.8. The van der Waals surface area contributed by atoms with Crippen molar-refractivity contribution in [2.24, 2.45) is 7.05 Å². The van der Waals surface area contributed by atoms with E-state index in [0.29, 0.717) is 6.04 Å². The van der Waals surface area contributed by atoms with E-state index in [9.17, 15) is 0 Å². The Morgan fingerprint density at radius 2 is 1.88 bits per heavy atom. The second-order valence-corrected chi connectivity index (χ2v) is 8.39. The molecule has 2 N–H and O–H groups in total. The normalized spacial score (nSPS) is 14.8. The Morgan fingerprint density at radius 3 is 2.62 bits per heavy atom. The highest BCUT2D eigenvalue weighted by atomic mass is 16.3. The molecule has 4 aromatic rings. The molecule has 3 aromatic heterocycles. The van der Waals surface area contributed by atoms with Gasteiger partial charge in [0.2, 0.25) is 0 Å². The van der Waals surface area contributed by atoms with E-state index in [-0.39, 0.29) is 6.47 Å². The minimum atomic E-state index is -0.250. The van der Waals surface area contributed by atoms with Gasteiger partial charge in [-0.1, -0.05) is 6.07 Å². The number of hydrogen-bond donors (Lipinski definition) is 2. The second-order valence-electron chi connectivity index (χ2n) is 8.39. The quantitative estimate of drug-likeness (QED) is 0.471. The molecular formula is C25H29N5O2. The average molecular weight is 432 g/mol. The van der Waals surface area contributed by atoms with E-state index in [1.807, 2.05) is 18.5 Å². The van der Waals surface area contributed by atoms with Crippen LogP contribution in [0.25, 0.3) is 33.1 Å². The molecule has 0 saturated carbocycles. The number of fused-ring (bicyclic) bond motifs is 2. The average Bonchev–Trinajstić information content (AvgIpc) is 3.08. The Kier molecular flexibility index (Phi) is 6.37. The van der Waals surface area contributed by atoms with Gasteiger partial charge in [0.1, 0.15) is 0 Å². The van der Waals surface area contributed by atoms with Crippen molar-refractivity contribution in [1.29, 1.82) is 0 Å². The van der Waals surface area contributed by atoms with E-state index in [1.165, 1.54) is 16.6 Å². The van der Waals surface area contributed by atoms with Crippen molar-refractivity contribution in [3.63, 3.8) is 0 Å². The van der Waals surface area contributed by atoms with Crippen LogP contribution in [0.4, 0.5) is 5.69 Å². The number of aromatic nitrogens is 3. The van der Waals surface area contributed by atoms with Crippen molar-refractivity contribution < 1.29 is 9.90 Å². The molecular weight excluding hydrogens is 402 g/mol. The van der Waals surface area contributed by atoms with Gasteiger partial charge in [0, 0.05) is 58.7 Å². The lowest BCUT2D eigenvalue weighted by molar-refractivity contribution is -0.122. The highest BCUT2D eigenvalue weighted by Gasteiger charge is 2.18. The van der Waals surface area contributed by atoms with E-state index < -0.39 is 0 Å². The SMILES string of the molecule is Cc1cc2cc(-c3cc(NC4CCN(C)CC4)c4cnccc4n3)ccc2n1C.O=CO. The zero-order valence-corrected chi connectivity index (χ0v) is 18.7. The molecule has 7 nitrogen and oxygen atoms in total. The Bertz CT molecular complexity index is 1240. The summed E-state index contributed by atoms with van der Waals surface area (Å²) in [6.07, 6.45) is 6.06. The fraction of sp³-hybridized carbons (Fsp3) is 0.320. The molecule has 4 heterocycles. The molecule has 1 aromatic carbocycles. The van der Waals surface area contributed by atoms with Crippen LogP contribution in [0.2, 0.25) is 0 Å². The molecule has 0 amide bonds. The number of rotatable bonds is 3. The van der Waals surface area contributed by atoms with E-state index in [4.69, 9.17) is 14.9 Å². The fourth-order valence-electron chi connectivity index (χ4n) is 4.36. The van der Waals surface area contributed by atoms with E-state index in [0.717, 1.165) is 53.8 Å². The van der Waals surface area contributed by atoms with E-state index >= 15 is 0 Å². The van der Waals surface area contributed by atoms with Crippen LogP contribution < -0.4 is 5.32 Å². The number of anilines is 1. The summed E-state index contributed by atoms with van der Waals surface area (Å²) in [6, 6.07) is 13.5. The molecule has 0 unspecified atom stereocenters. The van der Waals surface area contributed by atoms with Crippen molar-refractivity contribution in [3.05, 3.63) is 54.5 Å². The Hall–Kier alpha value is -3.45. The van der Waals surface area contributed by atoms with Crippen LogP contribution in [0.1, 0.15) is 18.5 Å². The van der Waals surface area contributed by atoms with Crippen LogP contribution in [-0.2, 0) is 11.8 Å². The zero-order chi connectivity index (χ0) is 22.7. The topological polar surface area (TPSA) is 83.3 Å². The smallest absolute Gasteiger partial charge is 0.290 e. The van der Waals surface area contributed by atoms with Gasteiger partial charge in [-0.15, -0.1) is 0 Å². The van der Waals surface area contributed by atoms with Crippen molar-refractivity contribution >= 4 is 34.0 Å². The van der Waals surface area contributed by atoms with Gasteiger partial charge < -0.3 is 19.9 Å². The van der Waals surface area contributed by atoms with Crippen LogP contribution in [-0.4, -0.2) is 57.2 Å². The van der Waals surface area contributed by atoms with Crippen molar-refractivity contribution in [2.45, 2.75) is 25.8 Å². The first-order valence-corrected chi connectivity index (χ1v) is 10.8. The van der Waals surface area contributed by atoms with Crippen molar-refractivity contribution in [1.82, 2.24) is 19.4 Å². The summed E-state index contributed by atoms with van der Waals surface area (Å²) in [5.74, 6) is 0. The molecule has 0 bridgehead atoms. The number of piperidine rings is 1. The zero-order valence-electron chi connectivity index (χ0n) is 18.7. The third kappa shape index (κ3) is 4.43. The summed E-state index contributed by atoms with van der Waals surface area (Å²) in [5.41, 5.74) is 6.78. The predicted octanol–water partition coefficient (Wildman–Crippen LogP) is 4.30. The molecule has 0 spiro atoms. The van der Waals surface area contributed by atoms with Crippen LogP contribution in [0.15, 0.2) is 48.8 Å². The van der Waals surface area contributed by atoms with Crippen LogP contribution >= 0.6 is 0 Å². The van der Waals surface area contributed by atoms with Gasteiger partial charge in [-0.2, -0.15) is 0 Å². The lowest BCUT2D eigenvalue weighted by atomic mass is 10.0. The van der Waals surface area contributed by atoms with Crippen LogP contribution in [0, 0.1) is 6.92 Å². The minimum absolute atomic E-state index is 0.250. The van der Waals surface area contributed by atoms with Gasteiger partial charge in [0.05, 0.1) is 11.2 Å². The number of carbonyl (C=O) groups is 1. The second kappa shape index (κ2) is 9.36. The standard InChI is InChI=1S/C24H27N5.CH2O2/c1-16-12-18-13-17(4-5-24(18)29(16)3)22-14-23(20-15-25-9-6-21(20)27-22)26-19-7-10-28(2)11-8-19;2-1-3/h4-6,9,12-15,19H,7-8,10-11H2,1-3H3,(H,26,27);1H,(H,2,3). The Morgan fingerprint density at radius 1 is 1.12 bits per heavy atom. The first kappa shape index (κ1) is 21.8. The number of aryl methyl sites for hydroxylation is 2. The molecule has 1 aliphatic rings. The lowest BCUT2D eigenvalue weighted by Crippen LogP contribution is -2.36. The summed E-state index contributed by atoms with van der Waals surface area (Å²) in [6.45, 7) is 4.16. The van der Waals surface area contributed by atoms with Gasteiger partial charge in [0.25, 0.3) is 6.47 Å². The Balaban J connectivity index is 0.000000775. The van der Waals surface area contributed by atoms with E-state index in [2.05, 4.69) is 71.1 Å². The number of nitrogens with one attached hydrogen (secondary N) is 1. The van der Waals surface area contributed by atoms with Crippen molar-refractivity contribution in [2.75, 3.05) is 25.5 Å². The molecule has 1 saturated heterocycles. The largest absolute Gasteiger partial charge is 0.483 e. The lowest BCUT2D eigenvalue weighted by Gasteiger charge is -2.30. The summed E-state index contributed by atoms with van der Waals surface area (Å²) in [4.78, 5) is 20.1. The van der Waals surface area contributed by atoms with Gasteiger partial charge in [0.15, 0.2) is 0 Å². The van der Waals surface area contributed by atoms with Gasteiger partial charge in [-0.05, 0) is 70.2 Å². The van der Waals surface area contributed by atoms with E-state index in [1.54, 1.807) is 0 Å². The van der Waals surface area contributed by atoms with Gasteiger partial charge in [-0.25, -0.2) is 4.98 Å². The number of hydrogen-bond acceptors (Lipinski definition) is 5. The van der Waals surface area contributed by atoms with Gasteiger partial charge in [-0.3, -0.25) is 9.78 Å². The maximum atomic E-state index is 8.36. The van der Waals surface area contributed by atoms with Crippen LogP contribution in [0.5, 0.6) is 0 Å². The molecule has 0 radical (unpaired) electrons. The maximum Gasteiger partial charge on any atom is 0.290 e. The molecule has 0 aliphatic carbocycles. The molecule has 5 rings (SSSR count). The summed E-state index contributed by atoms with van der Waals surface area (Å²) in [5, 5.41) is 13.0. The molecule has 1 fully saturated rings. The molecule has 7 heteroatoms. The van der Waals surface area contributed by atoms with Gasteiger partial charge >= 0.3 is 0 Å². The monoisotopic (exact) mass is 431 g/mol. The number of pyridine rings is 2.